The van der Waals surface area contributed by atoms with Crippen molar-refractivity contribution in [1.29, 1.82) is 0 Å². The topological polar surface area (TPSA) is 29.5 Å². The maximum absolute atomic E-state index is 8.99. The lowest BCUT2D eigenvalue weighted by Gasteiger charge is -2.05. The summed E-state index contributed by atoms with van der Waals surface area (Å²) in [6.45, 7) is 2.35. The molecule has 0 aliphatic rings. The summed E-state index contributed by atoms with van der Waals surface area (Å²) in [5.41, 5.74) is 2.44. The summed E-state index contributed by atoms with van der Waals surface area (Å²) in [6, 6.07) is 6.57. The van der Waals surface area contributed by atoms with Crippen molar-refractivity contribution in [3.63, 3.8) is 0 Å². The largest absolute Gasteiger partial charge is 0.508 e. The Balaban J connectivity index is 2.51. The van der Waals surface area contributed by atoms with Crippen LogP contribution in [0.4, 0.5) is 0 Å². The summed E-state index contributed by atoms with van der Waals surface area (Å²) >= 11 is 5.46. The molecule has 0 saturated carbocycles. The van der Waals surface area contributed by atoms with Crippen molar-refractivity contribution in [1.82, 2.24) is 0 Å². The molecule has 0 aromatic heterocycles. The van der Waals surface area contributed by atoms with Gasteiger partial charge in [0.05, 0.1) is 0 Å². The third kappa shape index (κ3) is 3.38. The molecule has 1 rings (SSSR count). The van der Waals surface area contributed by atoms with E-state index in [-0.39, 0.29) is 5.75 Å². The van der Waals surface area contributed by atoms with Gasteiger partial charge in [0, 0.05) is 5.54 Å². The highest BCUT2D eigenvalue weighted by atomic mass is 35.5. The molecule has 1 aromatic rings. The number of rotatable bonds is 3. The van der Waals surface area contributed by atoms with Crippen LogP contribution in [0.5, 0.6) is 11.5 Å². The van der Waals surface area contributed by atoms with Crippen molar-refractivity contribution in [2.75, 3.05) is 6.61 Å². The van der Waals surface area contributed by atoms with Crippen LogP contribution in [-0.2, 0) is 0 Å². The molecule has 1 aromatic carbocycles. The lowest BCUT2D eigenvalue weighted by atomic mass is 10.3. The molecule has 70 valence electrons. The van der Waals surface area contributed by atoms with Crippen LogP contribution in [0, 0.1) is 0 Å². The maximum atomic E-state index is 8.99. The molecule has 0 bridgehead atoms. The Morgan fingerprint density at radius 1 is 1.46 bits per heavy atom. The van der Waals surface area contributed by atoms with Gasteiger partial charge >= 0.3 is 0 Å². The van der Waals surface area contributed by atoms with Gasteiger partial charge in [0.15, 0.2) is 0 Å². The minimum absolute atomic E-state index is 0.233. The summed E-state index contributed by atoms with van der Waals surface area (Å²) in [7, 11) is 0. The summed E-state index contributed by atoms with van der Waals surface area (Å²) < 4.78 is 5.35. The Morgan fingerprint density at radius 2 is 2.08 bits per heavy atom. The smallest absolute Gasteiger partial charge is 0.120 e. The van der Waals surface area contributed by atoms with Gasteiger partial charge in [0.1, 0.15) is 18.1 Å². The number of hydrogen-bond acceptors (Lipinski definition) is 2. The molecule has 0 aliphatic carbocycles. The molecule has 0 heterocycles. The second kappa shape index (κ2) is 4.77. The van der Waals surface area contributed by atoms with Crippen LogP contribution in [-0.4, -0.2) is 11.7 Å². The Hall–Kier alpha value is -1.15. The average molecular weight is 199 g/mol. The zero-order valence-corrected chi connectivity index (χ0v) is 8.08. The fourth-order valence-corrected chi connectivity index (χ4v) is 0.834. The highest BCUT2D eigenvalue weighted by Crippen LogP contribution is 2.16. The predicted octanol–water partition coefficient (Wildman–Crippen LogP) is 2.91. The first-order chi connectivity index (χ1) is 6.22. The van der Waals surface area contributed by atoms with Gasteiger partial charge in [0.25, 0.3) is 0 Å². The second-order valence-corrected chi connectivity index (χ2v) is 2.96. The Bertz CT molecular complexity index is 290. The van der Waals surface area contributed by atoms with E-state index in [0.717, 1.165) is 11.3 Å². The van der Waals surface area contributed by atoms with E-state index in [0.29, 0.717) is 6.61 Å². The summed E-state index contributed by atoms with van der Waals surface area (Å²) in [6.07, 6.45) is 0. The first-order valence-corrected chi connectivity index (χ1v) is 4.33. The second-order valence-electron chi connectivity index (χ2n) is 2.74. The molecule has 2 nitrogen and oxygen atoms in total. The van der Waals surface area contributed by atoms with Crippen molar-refractivity contribution in [3.8, 4) is 11.5 Å². The van der Waals surface area contributed by atoms with E-state index in [9.17, 15) is 0 Å². The summed E-state index contributed by atoms with van der Waals surface area (Å²) in [4.78, 5) is 0. The minimum atomic E-state index is 0.233. The normalized spacial score (nSPS) is 11.4. The lowest BCUT2D eigenvalue weighted by molar-refractivity contribution is 0.351. The summed E-state index contributed by atoms with van der Waals surface area (Å²) in [5, 5.41) is 8.99. The van der Waals surface area contributed by atoms with Crippen LogP contribution in [0.3, 0.4) is 0 Å². The van der Waals surface area contributed by atoms with Gasteiger partial charge < -0.3 is 9.84 Å². The van der Waals surface area contributed by atoms with Crippen molar-refractivity contribution >= 4 is 11.6 Å². The molecule has 1 N–H and O–H groups in total. The molecule has 0 amide bonds. The maximum Gasteiger partial charge on any atom is 0.120 e. The molecule has 13 heavy (non-hydrogen) atoms. The highest BCUT2D eigenvalue weighted by Gasteiger charge is 1.94. The van der Waals surface area contributed by atoms with Crippen LogP contribution in [0.25, 0.3) is 0 Å². The molecule has 0 radical (unpaired) electrons. The fraction of sp³-hybridized carbons (Fsp3) is 0.200. The quantitative estimate of drug-likeness (QED) is 0.809. The van der Waals surface area contributed by atoms with E-state index in [2.05, 4.69) is 0 Å². The van der Waals surface area contributed by atoms with Gasteiger partial charge in [-0.2, -0.15) is 0 Å². The Labute approximate surface area is 82.4 Å². The molecular weight excluding hydrogens is 188 g/mol. The average Bonchev–Trinajstić information content (AvgIpc) is 2.16. The molecule has 0 saturated heterocycles. The van der Waals surface area contributed by atoms with Gasteiger partial charge in [-0.15, -0.1) is 0 Å². The zero-order valence-electron chi connectivity index (χ0n) is 7.33. The highest BCUT2D eigenvalue weighted by molar-refractivity contribution is 6.25. The molecule has 0 fully saturated rings. The van der Waals surface area contributed by atoms with Gasteiger partial charge in [-0.3, -0.25) is 0 Å². The molecule has 0 aliphatic heterocycles. The lowest BCUT2D eigenvalue weighted by Crippen LogP contribution is -1.97. The zero-order chi connectivity index (χ0) is 9.68. The monoisotopic (exact) mass is 198 g/mol. The third-order valence-electron chi connectivity index (χ3n) is 1.49. The van der Waals surface area contributed by atoms with Crippen LogP contribution < -0.4 is 4.74 Å². The number of halogens is 1. The predicted molar refractivity (Wildman–Crippen MR) is 53.2 cm³/mol. The van der Waals surface area contributed by atoms with E-state index in [1.165, 1.54) is 5.54 Å². The standard InChI is InChI=1S/C10H11ClO2/c1-8(6-11)7-13-10-4-2-9(12)3-5-10/h2-6,12H,7H2,1H3/b8-6-. The third-order valence-corrected chi connectivity index (χ3v) is 1.86. The van der Waals surface area contributed by atoms with E-state index in [1.54, 1.807) is 24.3 Å². The minimum Gasteiger partial charge on any atom is -0.508 e. The first-order valence-electron chi connectivity index (χ1n) is 3.90. The number of benzene rings is 1. The molecule has 0 unspecified atom stereocenters. The van der Waals surface area contributed by atoms with Crippen molar-refractivity contribution in [2.45, 2.75) is 6.92 Å². The fourth-order valence-electron chi connectivity index (χ4n) is 0.771. The van der Waals surface area contributed by atoms with Crippen LogP contribution >= 0.6 is 11.6 Å². The Morgan fingerprint density at radius 3 is 2.62 bits per heavy atom. The summed E-state index contributed by atoms with van der Waals surface area (Å²) in [5.74, 6) is 0.952. The number of phenols is 1. The first kappa shape index (κ1) is 9.93. The molecule has 0 atom stereocenters. The van der Waals surface area contributed by atoms with Crippen molar-refractivity contribution < 1.29 is 9.84 Å². The number of phenolic OH excluding ortho intramolecular Hbond substituents is 1. The van der Waals surface area contributed by atoms with E-state index >= 15 is 0 Å². The van der Waals surface area contributed by atoms with Gasteiger partial charge in [-0.1, -0.05) is 11.6 Å². The van der Waals surface area contributed by atoms with Crippen molar-refractivity contribution in [2.24, 2.45) is 0 Å². The van der Waals surface area contributed by atoms with Gasteiger partial charge in [-0.25, -0.2) is 0 Å². The number of ether oxygens (including phenoxy) is 1. The Kier molecular flexibility index (Phi) is 3.65. The van der Waals surface area contributed by atoms with Crippen LogP contribution in [0.15, 0.2) is 35.4 Å². The SMILES string of the molecule is C/C(=C/Cl)COc1ccc(O)cc1. The molecule has 3 heteroatoms. The van der Waals surface area contributed by atoms with Gasteiger partial charge in [0.2, 0.25) is 0 Å². The van der Waals surface area contributed by atoms with Crippen molar-refractivity contribution in [3.05, 3.63) is 35.4 Å². The van der Waals surface area contributed by atoms with E-state index < -0.39 is 0 Å². The molecule has 0 spiro atoms. The van der Waals surface area contributed by atoms with E-state index in [4.69, 9.17) is 21.4 Å². The molecular formula is C10H11ClO2. The van der Waals surface area contributed by atoms with Crippen LogP contribution in [0.1, 0.15) is 6.92 Å². The van der Waals surface area contributed by atoms with Crippen LogP contribution in [0.2, 0.25) is 0 Å². The van der Waals surface area contributed by atoms with Gasteiger partial charge in [-0.05, 0) is 36.8 Å². The number of aromatic hydroxyl groups is 1. The number of hydrogen-bond donors (Lipinski definition) is 1. The van der Waals surface area contributed by atoms with E-state index in [1.807, 2.05) is 6.92 Å².